The highest BCUT2D eigenvalue weighted by atomic mass is 32.2. The van der Waals surface area contributed by atoms with E-state index in [1.54, 1.807) is 35.6 Å². The van der Waals surface area contributed by atoms with Gasteiger partial charge in [0.2, 0.25) is 11.8 Å². The Balaban J connectivity index is 1.63. The van der Waals surface area contributed by atoms with E-state index in [-0.39, 0.29) is 36.1 Å². The lowest BCUT2D eigenvalue weighted by atomic mass is 9.89. The maximum atomic E-state index is 12.4. The van der Waals surface area contributed by atoms with Crippen molar-refractivity contribution in [1.29, 1.82) is 5.26 Å². The average Bonchev–Trinajstić information content (AvgIpc) is 3.21. The van der Waals surface area contributed by atoms with Crippen molar-refractivity contribution in [2.45, 2.75) is 18.3 Å². The van der Waals surface area contributed by atoms with Crippen molar-refractivity contribution < 1.29 is 9.59 Å². The number of nitrogens with zero attached hydrogens (tertiary/aromatic N) is 4. The van der Waals surface area contributed by atoms with Gasteiger partial charge in [-0.1, -0.05) is 0 Å². The van der Waals surface area contributed by atoms with Gasteiger partial charge in [0.15, 0.2) is 0 Å². The summed E-state index contributed by atoms with van der Waals surface area (Å²) in [6, 6.07) is 5.81. The second-order valence-electron chi connectivity index (χ2n) is 5.90. The number of pyridine rings is 1. The molecular weight excluding hydrogens is 352 g/mol. The largest absolute Gasteiger partial charge is 0.351 e. The summed E-state index contributed by atoms with van der Waals surface area (Å²) < 4.78 is 1.76. The molecule has 0 radical (unpaired) electrons. The minimum Gasteiger partial charge on any atom is -0.351 e. The first-order valence-electron chi connectivity index (χ1n) is 8.06. The molecule has 2 N–H and O–H groups in total. The lowest BCUT2D eigenvalue weighted by Crippen LogP contribution is -2.52. The highest BCUT2D eigenvalue weighted by Crippen LogP contribution is 2.27. The van der Waals surface area contributed by atoms with Gasteiger partial charge in [-0.25, -0.2) is 9.97 Å². The highest BCUT2D eigenvalue weighted by Gasteiger charge is 2.39. The Morgan fingerprint density at radius 1 is 1.54 bits per heavy atom. The Bertz CT molecular complexity index is 832. The van der Waals surface area contributed by atoms with Crippen molar-refractivity contribution in [3.8, 4) is 11.9 Å². The van der Waals surface area contributed by atoms with Crippen LogP contribution in [0, 0.1) is 23.2 Å². The van der Waals surface area contributed by atoms with E-state index in [0.717, 1.165) is 5.56 Å². The fourth-order valence-corrected chi connectivity index (χ4v) is 3.55. The molecule has 3 heterocycles. The number of aromatic nitrogens is 3. The van der Waals surface area contributed by atoms with E-state index in [9.17, 15) is 14.9 Å². The van der Waals surface area contributed by atoms with Gasteiger partial charge in [0.05, 0.1) is 17.4 Å². The van der Waals surface area contributed by atoms with Gasteiger partial charge in [-0.05, 0) is 30.4 Å². The standard InChI is InChI=1S/C17H18N6O2S/c1-26-17-12(8-18)7-13(16(25)22-17)15(24)21-9-11-2-3-20-14(6-11)23-5-4-19-10-23/h2-6,10,12-13,17H,7,9H2,1H3,(H,21,24)(H,22,25). The quantitative estimate of drug-likeness (QED) is 0.755. The number of hydrogen-bond acceptors (Lipinski definition) is 6. The van der Waals surface area contributed by atoms with Gasteiger partial charge < -0.3 is 10.6 Å². The van der Waals surface area contributed by atoms with E-state index < -0.39 is 5.92 Å². The van der Waals surface area contributed by atoms with Gasteiger partial charge in [0, 0.05) is 25.1 Å². The summed E-state index contributed by atoms with van der Waals surface area (Å²) in [5.74, 6) is -1.24. The number of imidazole rings is 1. The van der Waals surface area contributed by atoms with Crippen molar-refractivity contribution in [1.82, 2.24) is 25.2 Å². The lowest BCUT2D eigenvalue weighted by Gasteiger charge is -2.31. The lowest BCUT2D eigenvalue weighted by molar-refractivity contribution is -0.137. The average molecular weight is 370 g/mol. The Morgan fingerprint density at radius 3 is 3.08 bits per heavy atom. The maximum Gasteiger partial charge on any atom is 0.233 e. The predicted octanol–water partition coefficient (Wildman–Crippen LogP) is 0.848. The number of hydrogen-bond donors (Lipinski definition) is 2. The number of rotatable bonds is 5. The van der Waals surface area contributed by atoms with E-state index in [2.05, 4.69) is 26.7 Å². The molecule has 3 unspecified atom stereocenters. The topological polar surface area (TPSA) is 113 Å². The van der Waals surface area contributed by atoms with E-state index in [0.29, 0.717) is 5.82 Å². The van der Waals surface area contributed by atoms with Crippen LogP contribution in [0.15, 0.2) is 37.1 Å². The first-order chi connectivity index (χ1) is 12.6. The third-order valence-electron chi connectivity index (χ3n) is 4.24. The summed E-state index contributed by atoms with van der Waals surface area (Å²) in [5, 5.41) is 14.5. The molecule has 0 aromatic carbocycles. The first-order valence-corrected chi connectivity index (χ1v) is 9.35. The molecule has 1 fully saturated rings. The molecule has 134 valence electrons. The molecule has 0 bridgehead atoms. The number of carbonyl (C=O) groups excluding carboxylic acids is 2. The number of nitrogens with one attached hydrogen (secondary N) is 2. The summed E-state index contributed by atoms with van der Waals surface area (Å²) in [6.45, 7) is 0.274. The molecule has 26 heavy (non-hydrogen) atoms. The van der Waals surface area contributed by atoms with Crippen molar-refractivity contribution in [2.75, 3.05) is 6.26 Å². The molecule has 1 aliphatic rings. The van der Waals surface area contributed by atoms with Gasteiger partial charge in [-0.3, -0.25) is 14.2 Å². The van der Waals surface area contributed by atoms with Crippen LogP contribution in [0.4, 0.5) is 0 Å². The van der Waals surface area contributed by atoms with E-state index in [1.165, 1.54) is 11.8 Å². The predicted molar refractivity (Wildman–Crippen MR) is 95.9 cm³/mol. The van der Waals surface area contributed by atoms with E-state index in [4.69, 9.17) is 0 Å². The van der Waals surface area contributed by atoms with Gasteiger partial charge in [-0.15, -0.1) is 11.8 Å². The van der Waals surface area contributed by atoms with Crippen LogP contribution >= 0.6 is 11.8 Å². The Kier molecular flexibility index (Phi) is 5.53. The molecule has 3 atom stereocenters. The second kappa shape index (κ2) is 8.01. The summed E-state index contributed by atoms with van der Waals surface area (Å²) in [4.78, 5) is 32.8. The van der Waals surface area contributed by atoms with Crippen molar-refractivity contribution >= 4 is 23.6 Å². The summed E-state index contributed by atoms with van der Waals surface area (Å²) >= 11 is 1.41. The Labute approximate surface area is 155 Å². The molecule has 3 rings (SSSR count). The minimum absolute atomic E-state index is 0.232. The molecule has 0 aliphatic carbocycles. The van der Waals surface area contributed by atoms with Gasteiger partial charge in [-0.2, -0.15) is 5.26 Å². The molecule has 0 spiro atoms. The number of piperidine rings is 1. The van der Waals surface area contributed by atoms with Crippen LogP contribution in [0.2, 0.25) is 0 Å². The molecule has 2 amide bonds. The number of nitriles is 1. The number of amides is 2. The van der Waals surface area contributed by atoms with Crippen molar-refractivity contribution in [3.63, 3.8) is 0 Å². The van der Waals surface area contributed by atoms with Crippen LogP contribution in [0.3, 0.4) is 0 Å². The van der Waals surface area contributed by atoms with Crippen LogP contribution in [-0.2, 0) is 16.1 Å². The van der Waals surface area contributed by atoms with Gasteiger partial charge in [0.1, 0.15) is 18.1 Å². The molecular formula is C17H18N6O2S. The van der Waals surface area contributed by atoms with Crippen LogP contribution in [0.25, 0.3) is 5.82 Å². The molecule has 1 saturated heterocycles. The fraction of sp³-hybridized carbons (Fsp3) is 0.353. The first kappa shape index (κ1) is 17.9. The maximum absolute atomic E-state index is 12.4. The van der Waals surface area contributed by atoms with Crippen LogP contribution in [-0.4, -0.2) is 38.0 Å². The zero-order valence-electron chi connectivity index (χ0n) is 14.1. The minimum atomic E-state index is -0.849. The molecule has 2 aromatic heterocycles. The molecule has 9 heteroatoms. The molecule has 1 aliphatic heterocycles. The normalized spacial score (nSPS) is 22.3. The summed E-state index contributed by atoms with van der Waals surface area (Å²) in [6.07, 6.45) is 8.79. The van der Waals surface area contributed by atoms with Crippen molar-refractivity contribution in [3.05, 3.63) is 42.6 Å². The monoisotopic (exact) mass is 370 g/mol. The third kappa shape index (κ3) is 3.86. The van der Waals surface area contributed by atoms with Gasteiger partial charge >= 0.3 is 0 Å². The fourth-order valence-electron chi connectivity index (χ4n) is 2.81. The summed E-state index contributed by atoms with van der Waals surface area (Å²) in [5.41, 5.74) is 0.854. The van der Waals surface area contributed by atoms with Crippen LogP contribution < -0.4 is 10.6 Å². The highest BCUT2D eigenvalue weighted by molar-refractivity contribution is 7.99. The Morgan fingerprint density at radius 2 is 2.38 bits per heavy atom. The zero-order valence-corrected chi connectivity index (χ0v) is 14.9. The molecule has 8 nitrogen and oxygen atoms in total. The zero-order chi connectivity index (χ0) is 18.5. The van der Waals surface area contributed by atoms with E-state index in [1.807, 2.05) is 12.3 Å². The smallest absolute Gasteiger partial charge is 0.233 e. The number of carbonyl (C=O) groups is 2. The van der Waals surface area contributed by atoms with Crippen LogP contribution in [0.1, 0.15) is 12.0 Å². The molecule has 2 aromatic rings. The summed E-state index contributed by atoms with van der Waals surface area (Å²) in [7, 11) is 0. The van der Waals surface area contributed by atoms with E-state index >= 15 is 0 Å². The SMILES string of the molecule is CSC1NC(=O)C(C(=O)NCc2ccnc(-n3ccnc3)c2)CC1C#N. The van der Waals surface area contributed by atoms with Crippen molar-refractivity contribution in [2.24, 2.45) is 11.8 Å². The van der Waals surface area contributed by atoms with Gasteiger partial charge in [0.25, 0.3) is 0 Å². The molecule has 0 saturated carbocycles. The van der Waals surface area contributed by atoms with Crippen LogP contribution in [0.5, 0.6) is 0 Å². The third-order valence-corrected chi connectivity index (χ3v) is 5.19. The number of thioether (sulfide) groups is 1. The second-order valence-corrected chi connectivity index (χ2v) is 6.88. The Hall–Kier alpha value is -2.86.